The highest BCUT2D eigenvalue weighted by Gasteiger charge is 2.54. The topological polar surface area (TPSA) is 81.1 Å². The van der Waals surface area contributed by atoms with Crippen LogP contribution in [0.15, 0.2) is 53.4 Å². The fraction of sp³-hybridized carbons (Fsp3) is 0.300. The van der Waals surface area contributed by atoms with Crippen molar-refractivity contribution in [2.24, 2.45) is 0 Å². The summed E-state index contributed by atoms with van der Waals surface area (Å²) in [6, 6.07) is 14.2. The van der Waals surface area contributed by atoms with E-state index in [0.29, 0.717) is 24.8 Å². The van der Waals surface area contributed by atoms with Gasteiger partial charge in [-0.3, -0.25) is 9.48 Å². The number of sulfonamides is 1. The van der Waals surface area contributed by atoms with Gasteiger partial charge in [0, 0.05) is 11.9 Å². The van der Waals surface area contributed by atoms with E-state index in [9.17, 15) is 13.2 Å². The van der Waals surface area contributed by atoms with Crippen LogP contribution in [-0.4, -0.2) is 24.1 Å². The highest BCUT2D eigenvalue weighted by molar-refractivity contribution is 7.90. The molecule has 1 amide bonds. The Morgan fingerprint density at radius 2 is 1.89 bits per heavy atom. The van der Waals surface area contributed by atoms with E-state index in [1.54, 1.807) is 22.9 Å². The van der Waals surface area contributed by atoms with Crippen molar-refractivity contribution < 1.29 is 13.2 Å². The molecule has 0 atom stereocenters. The summed E-state index contributed by atoms with van der Waals surface area (Å²) in [4.78, 5) is 13.1. The van der Waals surface area contributed by atoms with E-state index in [2.05, 4.69) is 9.82 Å². The molecular formula is C20H21N3O3S. The Labute approximate surface area is 158 Å². The molecule has 1 fully saturated rings. The molecule has 0 spiro atoms. The lowest BCUT2D eigenvalue weighted by molar-refractivity contribution is -0.121. The second-order valence-corrected chi connectivity index (χ2v) is 8.63. The third-order valence-electron chi connectivity index (χ3n) is 5.14. The third-order valence-corrected chi connectivity index (χ3v) is 6.53. The average Bonchev–Trinajstić information content (AvgIpc) is 3.37. The number of nitrogens with one attached hydrogen (secondary N) is 1. The zero-order chi connectivity index (χ0) is 19.2. The Hall–Kier alpha value is -2.67. The molecule has 1 saturated carbocycles. The van der Waals surface area contributed by atoms with Crippen LogP contribution in [0.5, 0.6) is 0 Å². The number of nitrogens with zero attached hydrogens (tertiary/aromatic N) is 2. The summed E-state index contributed by atoms with van der Waals surface area (Å²) < 4.78 is 30.0. The van der Waals surface area contributed by atoms with Crippen molar-refractivity contribution >= 4 is 26.7 Å². The quantitative estimate of drug-likeness (QED) is 0.735. The van der Waals surface area contributed by atoms with Gasteiger partial charge in [-0.2, -0.15) is 5.10 Å². The second kappa shape index (κ2) is 6.20. The first-order chi connectivity index (χ1) is 12.9. The summed E-state index contributed by atoms with van der Waals surface area (Å²) in [7, 11) is -3.98. The maximum Gasteiger partial charge on any atom is 0.264 e. The SMILES string of the molecule is CCn1nc(C)cc1C1(C(=O)NS(=O)(=O)c2cccc3ccccc23)CC1. The van der Waals surface area contributed by atoms with Gasteiger partial charge < -0.3 is 0 Å². The summed E-state index contributed by atoms with van der Waals surface area (Å²) >= 11 is 0. The van der Waals surface area contributed by atoms with Crippen LogP contribution in [0.25, 0.3) is 10.8 Å². The summed E-state index contributed by atoms with van der Waals surface area (Å²) in [5, 5.41) is 5.81. The monoisotopic (exact) mass is 383 g/mol. The van der Waals surface area contributed by atoms with Gasteiger partial charge in [0.05, 0.1) is 21.7 Å². The summed E-state index contributed by atoms with van der Waals surface area (Å²) in [6.07, 6.45) is 1.24. The van der Waals surface area contributed by atoms with Crippen molar-refractivity contribution in [3.8, 4) is 0 Å². The van der Waals surface area contributed by atoms with Gasteiger partial charge in [0.15, 0.2) is 0 Å². The number of aromatic nitrogens is 2. The predicted octanol–water partition coefficient (Wildman–Crippen LogP) is 2.90. The number of benzene rings is 2. The van der Waals surface area contributed by atoms with Crippen molar-refractivity contribution in [3.05, 3.63) is 59.9 Å². The minimum Gasteiger partial charge on any atom is -0.273 e. The molecule has 1 heterocycles. The van der Waals surface area contributed by atoms with E-state index in [1.165, 1.54) is 6.07 Å². The number of hydrogen-bond donors (Lipinski definition) is 1. The molecule has 2 aromatic carbocycles. The number of carbonyl (C=O) groups is 1. The van der Waals surface area contributed by atoms with Gasteiger partial charge in [0.25, 0.3) is 10.0 Å². The minimum absolute atomic E-state index is 0.116. The zero-order valence-electron chi connectivity index (χ0n) is 15.3. The Balaban J connectivity index is 1.70. The van der Waals surface area contributed by atoms with Crippen molar-refractivity contribution in [2.45, 2.75) is 43.5 Å². The van der Waals surface area contributed by atoms with E-state index >= 15 is 0 Å². The molecular weight excluding hydrogens is 362 g/mol. The highest BCUT2D eigenvalue weighted by atomic mass is 32.2. The van der Waals surface area contributed by atoms with Crippen LogP contribution in [-0.2, 0) is 26.8 Å². The van der Waals surface area contributed by atoms with Gasteiger partial charge in [-0.25, -0.2) is 13.1 Å². The van der Waals surface area contributed by atoms with Gasteiger partial charge >= 0.3 is 0 Å². The minimum atomic E-state index is -3.98. The van der Waals surface area contributed by atoms with Crippen LogP contribution in [0.1, 0.15) is 31.2 Å². The van der Waals surface area contributed by atoms with E-state index in [4.69, 9.17) is 0 Å². The van der Waals surface area contributed by atoms with Crippen LogP contribution in [0.4, 0.5) is 0 Å². The molecule has 0 unspecified atom stereocenters. The normalized spacial score (nSPS) is 15.6. The molecule has 1 aromatic heterocycles. The maximum absolute atomic E-state index is 13.0. The Kier molecular flexibility index (Phi) is 4.07. The molecule has 0 aliphatic heterocycles. The molecule has 0 radical (unpaired) electrons. The van der Waals surface area contributed by atoms with Crippen LogP contribution in [0.3, 0.4) is 0 Å². The molecule has 7 heteroatoms. The third kappa shape index (κ3) is 2.92. The first-order valence-corrected chi connectivity index (χ1v) is 10.5. The Bertz CT molecular complexity index is 1140. The van der Waals surface area contributed by atoms with E-state index in [0.717, 1.165) is 16.8 Å². The van der Waals surface area contributed by atoms with Gasteiger partial charge in [-0.05, 0) is 44.2 Å². The number of fused-ring (bicyclic) bond motifs is 1. The number of carbonyl (C=O) groups excluding carboxylic acids is 1. The van der Waals surface area contributed by atoms with Crippen LogP contribution < -0.4 is 4.72 Å². The zero-order valence-corrected chi connectivity index (χ0v) is 16.1. The summed E-state index contributed by atoms with van der Waals surface area (Å²) in [5.74, 6) is -0.481. The predicted molar refractivity (Wildman–Crippen MR) is 103 cm³/mol. The fourth-order valence-electron chi connectivity index (χ4n) is 3.60. The van der Waals surface area contributed by atoms with Gasteiger partial charge in [0.1, 0.15) is 0 Å². The Morgan fingerprint density at radius 3 is 2.59 bits per heavy atom. The number of aryl methyl sites for hydroxylation is 2. The van der Waals surface area contributed by atoms with Crippen LogP contribution in [0.2, 0.25) is 0 Å². The molecule has 3 aromatic rings. The second-order valence-electron chi connectivity index (χ2n) is 6.98. The van der Waals surface area contributed by atoms with Gasteiger partial charge in [-0.1, -0.05) is 36.4 Å². The van der Waals surface area contributed by atoms with E-state index in [-0.39, 0.29) is 4.90 Å². The first-order valence-electron chi connectivity index (χ1n) is 8.97. The molecule has 6 nitrogen and oxygen atoms in total. The number of hydrogen-bond acceptors (Lipinski definition) is 4. The lowest BCUT2D eigenvalue weighted by Gasteiger charge is -2.17. The molecule has 1 aliphatic carbocycles. The fourth-order valence-corrected chi connectivity index (χ4v) is 4.88. The molecule has 1 N–H and O–H groups in total. The summed E-state index contributed by atoms with van der Waals surface area (Å²) in [5.41, 5.74) is 0.797. The summed E-state index contributed by atoms with van der Waals surface area (Å²) in [6.45, 7) is 4.46. The van der Waals surface area contributed by atoms with E-state index in [1.807, 2.05) is 38.1 Å². The van der Waals surface area contributed by atoms with E-state index < -0.39 is 21.3 Å². The smallest absolute Gasteiger partial charge is 0.264 e. The number of rotatable bonds is 5. The molecule has 4 rings (SSSR count). The average molecular weight is 383 g/mol. The van der Waals surface area contributed by atoms with Crippen molar-refractivity contribution in [1.82, 2.24) is 14.5 Å². The van der Waals surface area contributed by atoms with Crippen LogP contribution in [0, 0.1) is 6.92 Å². The van der Waals surface area contributed by atoms with Crippen LogP contribution >= 0.6 is 0 Å². The first kappa shape index (κ1) is 17.7. The van der Waals surface area contributed by atoms with Gasteiger partial charge in [0.2, 0.25) is 5.91 Å². The highest BCUT2D eigenvalue weighted by Crippen LogP contribution is 2.48. The lowest BCUT2D eigenvalue weighted by atomic mass is 10.0. The molecule has 0 saturated heterocycles. The van der Waals surface area contributed by atoms with Crippen molar-refractivity contribution in [2.75, 3.05) is 0 Å². The molecule has 27 heavy (non-hydrogen) atoms. The molecule has 0 bridgehead atoms. The largest absolute Gasteiger partial charge is 0.273 e. The van der Waals surface area contributed by atoms with Crippen molar-refractivity contribution in [1.29, 1.82) is 0 Å². The van der Waals surface area contributed by atoms with Gasteiger partial charge in [-0.15, -0.1) is 0 Å². The maximum atomic E-state index is 13.0. The standard InChI is InChI=1S/C20H21N3O3S/c1-3-23-18(13-14(2)21-23)20(11-12-20)19(24)22-27(25,26)17-10-6-8-15-7-4-5-9-16(15)17/h4-10,13H,3,11-12H2,1-2H3,(H,22,24). The Morgan fingerprint density at radius 1 is 1.19 bits per heavy atom. The molecule has 140 valence electrons. The van der Waals surface area contributed by atoms with Crippen molar-refractivity contribution in [3.63, 3.8) is 0 Å². The number of amides is 1. The lowest BCUT2D eigenvalue weighted by Crippen LogP contribution is -2.39. The molecule has 1 aliphatic rings.